The summed E-state index contributed by atoms with van der Waals surface area (Å²) in [6, 6.07) is 8.70. The third-order valence-corrected chi connectivity index (χ3v) is 4.85. The molecule has 0 unspecified atom stereocenters. The Kier molecular flexibility index (Phi) is 5.58. The van der Waals surface area contributed by atoms with Gasteiger partial charge in [-0.05, 0) is 37.6 Å². The fourth-order valence-electron chi connectivity index (χ4n) is 3.07. The van der Waals surface area contributed by atoms with Crippen LogP contribution in [-0.4, -0.2) is 68.8 Å². The Balaban J connectivity index is 1.65. The minimum absolute atomic E-state index is 0.0508. The first kappa shape index (κ1) is 17.0. The summed E-state index contributed by atoms with van der Waals surface area (Å²) in [4.78, 5) is 16.8. The quantitative estimate of drug-likeness (QED) is 0.828. The van der Waals surface area contributed by atoms with E-state index in [0.717, 1.165) is 44.8 Å². The topological polar surface area (TPSA) is 56.8 Å². The van der Waals surface area contributed by atoms with Crippen molar-refractivity contribution in [2.24, 2.45) is 0 Å². The van der Waals surface area contributed by atoms with Crippen LogP contribution in [0.5, 0.6) is 5.75 Å². The second-order valence-electron chi connectivity index (χ2n) is 6.76. The molecule has 1 atom stereocenters. The van der Waals surface area contributed by atoms with Crippen molar-refractivity contribution in [3.63, 3.8) is 0 Å². The molecule has 1 aromatic carbocycles. The lowest BCUT2D eigenvalue weighted by Gasteiger charge is -2.38. The summed E-state index contributed by atoms with van der Waals surface area (Å²) in [5.41, 5.74) is 1.21. The molecule has 1 saturated heterocycles. The molecule has 2 N–H and O–H groups in total. The lowest BCUT2D eigenvalue weighted by molar-refractivity contribution is 0.111. The fourth-order valence-corrected chi connectivity index (χ4v) is 3.07. The van der Waals surface area contributed by atoms with Crippen LogP contribution in [0.1, 0.15) is 24.4 Å². The van der Waals surface area contributed by atoms with E-state index in [-0.39, 0.29) is 12.1 Å². The zero-order valence-electron chi connectivity index (χ0n) is 14.6. The normalized spacial score (nSPS) is 20.4. The lowest BCUT2D eigenvalue weighted by atomic mass is 10.0. The largest absolute Gasteiger partial charge is 0.497 e. The van der Waals surface area contributed by atoms with Gasteiger partial charge in [0.15, 0.2) is 0 Å². The number of benzene rings is 1. The van der Waals surface area contributed by atoms with Gasteiger partial charge < -0.3 is 20.3 Å². The molecule has 1 saturated carbocycles. The Morgan fingerprint density at radius 2 is 1.88 bits per heavy atom. The van der Waals surface area contributed by atoms with Gasteiger partial charge in [-0.3, -0.25) is 4.90 Å². The lowest BCUT2D eigenvalue weighted by Crippen LogP contribution is -2.49. The van der Waals surface area contributed by atoms with Crippen molar-refractivity contribution in [2.45, 2.75) is 24.9 Å². The Morgan fingerprint density at radius 1 is 1.21 bits per heavy atom. The van der Waals surface area contributed by atoms with Gasteiger partial charge in [-0.1, -0.05) is 12.1 Å². The van der Waals surface area contributed by atoms with Crippen LogP contribution in [0, 0.1) is 0 Å². The number of carbonyl (C=O) groups is 1. The van der Waals surface area contributed by atoms with E-state index in [2.05, 4.69) is 39.6 Å². The van der Waals surface area contributed by atoms with Crippen LogP contribution < -0.4 is 15.4 Å². The van der Waals surface area contributed by atoms with E-state index in [1.54, 1.807) is 7.11 Å². The number of carbonyl (C=O) groups excluding carboxylic acids is 1. The van der Waals surface area contributed by atoms with Gasteiger partial charge in [0, 0.05) is 38.8 Å². The van der Waals surface area contributed by atoms with Gasteiger partial charge in [0.2, 0.25) is 0 Å². The van der Waals surface area contributed by atoms with Gasteiger partial charge in [0.1, 0.15) is 5.75 Å². The van der Waals surface area contributed by atoms with E-state index in [1.807, 2.05) is 12.1 Å². The molecule has 6 nitrogen and oxygen atoms in total. The standard InChI is InChI=1S/C18H28N4O2/c1-21-9-11-22(12-10-21)17(13-19-18(23)20-15-5-6-15)14-3-7-16(24-2)8-4-14/h3-4,7-8,15,17H,5-6,9-13H2,1-2H3,(H2,19,20,23)/t17-/m0/s1. The van der Waals surface area contributed by atoms with Crippen molar-refractivity contribution in [3.05, 3.63) is 29.8 Å². The number of ether oxygens (including phenoxy) is 1. The SMILES string of the molecule is COc1ccc([C@H](CNC(=O)NC2CC2)N2CCN(C)CC2)cc1. The molecule has 1 heterocycles. The molecular formula is C18H28N4O2. The van der Waals surface area contributed by atoms with E-state index in [0.29, 0.717) is 12.6 Å². The molecule has 24 heavy (non-hydrogen) atoms. The van der Waals surface area contributed by atoms with Crippen molar-refractivity contribution in [3.8, 4) is 5.75 Å². The number of hydrogen-bond acceptors (Lipinski definition) is 4. The van der Waals surface area contributed by atoms with Crippen molar-refractivity contribution < 1.29 is 9.53 Å². The van der Waals surface area contributed by atoms with Gasteiger partial charge in [0.05, 0.1) is 13.2 Å². The maximum absolute atomic E-state index is 12.0. The van der Waals surface area contributed by atoms with Crippen LogP contribution in [0.15, 0.2) is 24.3 Å². The first-order valence-corrected chi connectivity index (χ1v) is 8.76. The van der Waals surface area contributed by atoms with Gasteiger partial charge in [-0.15, -0.1) is 0 Å². The zero-order chi connectivity index (χ0) is 16.9. The maximum atomic E-state index is 12.0. The van der Waals surface area contributed by atoms with Crippen LogP contribution in [-0.2, 0) is 0 Å². The summed E-state index contributed by atoms with van der Waals surface area (Å²) < 4.78 is 5.26. The van der Waals surface area contributed by atoms with Crippen molar-refractivity contribution in [2.75, 3.05) is 46.9 Å². The number of hydrogen-bond donors (Lipinski definition) is 2. The first-order chi connectivity index (χ1) is 11.7. The number of amides is 2. The first-order valence-electron chi connectivity index (χ1n) is 8.76. The number of nitrogens with zero attached hydrogens (tertiary/aromatic N) is 2. The van der Waals surface area contributed by atoms with Crippen LogP contribution in [0.4, 0.5) is 4.79 Å². The highest BCUT2D eigenvalue weighted by Crippen LogP contribution is 2.24. The summed E-state index contributed by atoms with van der Waals surface area (Å²) in [6.07, 6.45) is 2.21. The third-order valence-electron chi connectivity index (χ3n) is 4.85. The molecule has 1 aliphatic heterocycles. The maximum Gasteiger partial charge on any atom is 0.315 e. The van der Waals surface area contributed by atoms with E-state index in [9.17, 15) is 4.79 Å². The number of piperazine rings is 1. The molecule has 1 aromatic rings. The predicted octanol–water partition coefficient (Wildman–Crippen LogP) is 1.45. The predicted molar refractivity (Wildman–Crippen MR) is 94.4 cm³/mol. The summed E-state index contributed by atoms with van der Waals surface area (Å²) in [5.74, 6) is 0.857. The third kappa shape index (κ3) is 4.61. The van der Waals surface area contributed by atoms with Crippen LogP contribution in [0.3, 0.4) is 0 Å². The number of likely N-dealkylation sites (N-methyl/N-ethyl adjacent to an activating group) is 1. The van der Waals surface area contributed by atoms with E-state index in [4.69, 9.17) is 4.74 Å². The Morgan fingerprint density at radius 3 is 2.46 bits per heavy atom. The molecule has 0 bridgehead atoms. The Bertz CT molecular complexity index is 536. The second kappa shape index (κ2) is 7.85. The summed E-state index contributed by atoms with van der Waals surface area (Å²) in [5, 5.41) is 6.05. The number of urea groups is 1. The monoisotopic (exact) mass is 332 g/mol. The van der Waals surface area contributed by atoms with Gasteiger partial charge in [-0.2, -0.15) is 0 Å². The fraction of sp³-hybridized carbons (Fsp3) is 0.611. The van der Waals surface area contributed by atoms with Crippen molar-refractivity contribution in [1.29, 1.82) is 0 Å². The van der Waals surface area contributed by atoms with E-state index in [1.165, 1.54) is 5.56 Å². The molecule has 0 aromatic heterocycles. The molecule has 0 spiro atoms. The molecule has 3 rings (SSSR count). The molecule has 2 fully saturated rings. The highest BCUT2D eigenvalue weighted by molar-refractivity contribution is 5.74. The van der Waals surface area contributed by atoms with Crippen LogP contribution in [0.25, 0.3) is 0 Å². The summed E-state index contributed by atoms with van der Waals surface area (Å²) in [7, 11) is 3.83. The van der Waals surface area contributed by atoms with Crippen LogP contribution >= 0.6 is 0 Å². The van der Waals surface area contributed by atoms with Crippen molar-refractivity contribution >= 4 is 6.03 Å². The van der Waals surface area contributed by atoms with Crippen molar-refractivity contribution in [1.82, 2.24) is 20.4 Å². The molecule has 132 valence electrons. The minimum Gasteiger partial charge on any atom is -0.497 e. The van der Waals surface area contributed by atoms with E-state index >= 15 is 0 Å². The highest BCUT2D eigenvalue weighted by atomic mass is 16.5. The molecule has 1 aliphatic carbocycles. The number of rotatable bonds is 6. The molecule has 2 amide bonds. The Hall–Kier alpha value is -1.79. The minimum atomic E-state index is -0.0508. The average Bonchev–Trinajstić information content (AvgIpc) is 3.41. The zero-order valence-corrected chi connectivity index (χ0v) is 14.6. The summed E-state index contributed by atoms with van der Waals surface area (Å²) in [6.45, 7) is 4.76. The number of methoxy groups -OCH3 is 1. The molecular weight excluding hydrogens is 304 g/mol. The van der Waals surface area contributed by atoms with Gasteiger partial charge >= 0.3 is 6.03 Å². The summed E-state index contributed by atoms with van der Waals surface area (Å²) >= 11 is 0. The highest BCUT2D eigenvalue weighted by Gasteiger charge is 2.26. The van der Waals surface area contributed by atoms with Crippen LogP contribution in [0.2, 0.25) is 0 Å². The average molecular weight is 332 g/mol. The molecule has 0 radical (unpaired) electrons. The van der Waals surface area contributed by atoms with E-state index < -0.39 is 0 Å². The molecule has 6 heteroatoms. The smallest absolute Gasteiger partial charge is 0.315 e. The number of nitrogens with one attached hydrogen (secondary N) is 2. The van der Waals surface area contributed by atoms with Gasteiger partial charge in [-0.25, -0.2) is 4.79 Å². The molecule has 2 aliphatic rings. The van der Waals surface area contributed by atoms with Gasteiger partial charge in [0.25, 0.3) is 0 Å². The Labute approximate surface area is 144 Å². The second-order valence-corrected chi connectivity index (χ2v) is 6.76.